The van der Waals surface area contributed by atoms with Crippen LogP contribution in [-0.2, 0) is 18.9 Å². The standard InChI is InChI=1S/C8H16O3S.C2H6O.C2H6/c1-9-7-3-6(5-12)11-4-8(7)10-2;1-3-2;1-2/h6-8,12H,3-5H2,1-2H3;1-2H3;1-2H3. The van der Waals surface area contributed by atoms with Crippen molar-refractivity contribution in [1.82, 2.24) is 0 Å². The number of methoxy groups -OCH3 is 3. The molecule has 1 aliphatic rings. The number of ether oxygens (including phenoxy) is 4. The minimum atomic E-state index is 0.0751. The van der Waals surface area contributed by atoms with Crippen molar-refractivity contribution < 1.29 is 18.9 Å². The first-order valence-corrected chi connectivity index (χ1v) is 6.54. The SMILES string of the molecule is CC.COC.COC1COC(CS)CC1OC. The van der Waals surface area contributed by atoms with Crippen LogP contribution in [0.25, 0.3) is 0 Å². The maximum Gasteiger partial charge on any atom is 0.107 e. The van der Waals surface area contributed by atoms with Gasteiger partial charge in [-0.25, -0.2) is 0 Å². The lowest BCUT2D eigenvalue weighted by Gasteiger charge is -2.33. The van der Waals surface area contributed by atoms with E-state index < -0.39 is 0 Å². The van der Waals surface area contributed by atoms with Crippen LogP contribution in [0.4, 0.5) is 0 Å². The fraction of sp³-hybridized carbons (Fsp3) is 1.00. The first kappa shape index (κ1) is 19.5. The topological polar surface area (TPSA) is 36.9 Å². The molecule has 0 aromatic rings. The van der Waals surface area contributed by atoms with Crippen molar-refractivity contribution in [2.24, 2.45) is 0 Å². The Morgan fingerprint density at radius 1 is 1.06 bits per heavy atom. The van der Waals surface area contributed by atoms with Gasteiger partial charge in [-0.1, -0.05) is 13.8 Å². The summed E-state index contributed by atoms with van der Waals surface area (Å²) in [7, 11) is 6.64. The molecule has 106 valence electrons. The number of hydrogen-bond acceptors (Lipinski definition) is 5. The maximum absolute atomic E-state index is 5.48. The Morgan fingerprint density at radius 2 is 1.53 bits per heavy atom. The summed E-state index contributed by atoms with van der Waals surface area (Å²) in [4.78, 5) is 0. The third-order valence-electron chi connectivity index (χ3n) is 2.22. The molecule has 5 heteroatoms. The van der Waals surface area contributed by atoms with Gasteiger partial charge in [0.2, 0.25) is 0 Å². The van der Waals surface area contributed by atoms with Crippen LogP contribution in [0.5, 0.6) is 0 Å². The smallest absolute Gasteiger partial charge is 0.107 e. The lowest BCUT2D eigenvalue weighted by Crippen LogP contribution is -2.44. The molecule has 0 spiro atoms. The van der Waals surface area contributed by atoms with E-state index in [0.717, 1.165) is 12.2 Å². The molecule has 3 unspecified atom stereocenters. The van der Waals surface area contributed by atoms with Crippen molar-refractivity contribution in [3.05, 3.63) is 0 Å². The van der Waals surface area contributed by atoms with E-state index in [0.29, 0.717) is 6.61 Å². The summed E-state index contributed by atoms with van der Waals surface area (Å²) >= 11 is 4.18. The molecule has 1 aliphatic heterocycles. The van der Waals surface area contributed by atoms with Crippen molar-refractivity contribution in [2.75, 3.05) is 40.8 Å². The molecule has 4 nitrogen and oxygen atoms in total. The van der Waals surface area contributed by atoms with Gasteiger partial charge in [0.25, 0.3) is 0 Å². The van der Waals surface area contributed by atoms with Crippen molar-refractivity contribution >= 4 is 12.6 Å². The molecular weight excluding hydrogens is 240 g/mol. The fourth-order valence-corrected chi connectivity index (χ4v) is 1.67. The predicted octanol–water partition coefficient (Wildman–Crippen LogP) is 2.02. The second-order valence-electron chi connectivity index (χ2n) is 3.33. The quantitative estimate of drug-likeness (QED) is 0.795. The lowest BCUT2D eigenvalue weighted by molar-refractivity contribution is -0.138. The molecule has 0 bridgehead atoms. The van der Waals surface area contributed by atoms with Gasteiger partial charge >= 0.3 is 0 Å². The highest BCUT2D eigenvalue weighted by molar-refractivity contribution is 7.80. The Hall–Kier alpha value is 0.190. The van der Waals surface area contributed by atoms with Gasteiger partial charge in [-0.15, -0.1) is 0 Å². The molecule has 17 heavy (non-hydrogen) atoms. The van der Waals surface area contributed by atoms with Crippen LogP contribution in [-0.4, -0.2) is 59.1 Å². The molecule has 3 atom stereocenters. The van der Waals surface area contributed by atoms with Gasteiger partial charge in [0.1, 0.15) is 6.10 Å². The molecule has 1 heterocycles. The Balaban J connectivity index is 0. The van der Waals surface area contributed by atoms with Gasteiger partial charge in [0, 0.05) is 40.6 Å². The summed E-state index contributed by atoms with van der Waals surface area (Å²) in [5.41, 5.74) is 0. The second-order valence-corrected chi connectivity index (χ2v) is 3.70. The highest BCUT2D eigenvalue weighted by Crippen LogP contribution is 2.19. The molecule has 0 amide bonds. The molecule has 0 N–H and O–H groups in total. The zero-order valence-corrected chi connectivity index (χ0v) is 12.8. The van der Waals surface area contributed by atoms with E-state index in [1.807, 2.05) is 13.8 Å². The fourth-order valence-electron chi connectivity index (χ4n) is 1.41. The zero-order chi connectivity index (χ0) is 13.7. The third-order valence-corrected chi connectivity index (χ3v) is 2.62. The van der Waals surface area contributed by atoms with Crippen LogP contribution in [0, 0.1) is 0 Å². The monoisotopic (exact) mass is 268 g/mol. The molecule has 1 rings (SSSR count). The lowest BCUT2D eigenvalue weighted by atomic mass is 10.0. The van der Waals surface area contributed by atoms with Crippen molar-refractivity contribution in [3.8, 4) is 0 Å². The molecule has 0 aromatic carbocycles. The van der Waals surface area contributed by atoms with Gasteiger partial charge < -0.3 is 18.9 Å². The van der Waals surface area contributed by atoms with Crippen molar-refractivity contribution in [2.45, 2.75) is 38.6 Å². The van der Waals surface area contributed by atoms with E-state index in [-0.39, 0.29) is 18.3 Å². The molecule has 0 aliphatic carbocycles. The van der Waals surface area contributed by atoms with Gasteiger partial charge in [0.05, 0.1) is 18.8 Å². The number of thiol groups is 1. The van der Waals surface area contributed by atoms with Crippen LogP contribution in [0.2, 0.25) is 0 Å². The Kier molecular flexibility index (Phi) is 16.4. The van der Waals surface area contributed by atoms with E-state index >= 15 is 0 Å². The first-order chi connectivity index (χ1) is 8.23. The summed E-state index contributed by atoms with van der Waals surface area (Å²) in [5, 5.41) is 0. The van der Waals surface area contributed by atoms with Crippen LogP contribution < -0.4 is 0 Å². The average Bonchev–Trinajstić information content (AvgIpc) is 2.41. The van der Waals surface area contributed by atoms with Gasteiger partial charge in [-0.3, -0.25) is 0 Å². The molecule has 0 radical (unpaired) electrons. The van der Waals surface area contributed by atoms with E-state index in [4.69, 9.17) is 14.2 Å². The van der Waals surface area contributed by atoms with Gasteiger partial charge in [-0.2, -0.15) is 12.6 Å². The summed E-state index contributed by atoms with van der Waals surface area (Å²) in [6.45, 7) is 4.61. The predicted molar refractivity (Wildman–Crippen MR) is 74.1 cm³/mol. The summed E-state index contributed by atoms with van der Waals surface area (Å²) in [6.07, 6.45) is 1.31. The summed E-state index contributed by atoms with van der Waals surface area (Å²) < 4.78 is 20.2. The van der Waals surface area contributed by atoms with Gasteiger partial charge in [0.15, 0.2) is 0 Å². The number of hydrogen-bond donors (Lipinski definition) is 1. The Labute approximate surface area is 111 Å². The minimum absolute atomic E-state index is 0.0751. The summed E-state index contributed by atoms with van der Waals surface area (Å²) in [6, 6.07) is 0. The molecule has 0 aromatic heterocycles. The van der Waals surface area contributed by atoms with Crippen molar-refractivity contribution in [1.29, 1.82) is 0 Å². The van der Waals surface area contributed by atoms with Crippen LogP contribution in [0.3, 0.4) is 0 Å². The molecular formula is C12H28O4S. The first-order valence-electron chi connectivity index (χ1n) is 5.91. The maximum atomic E-state index is 5.48. The molecule has 0 saturated carbocycles. The van der Waals surface area contributed by atoms with E-state index in [9.17, 15) is 0 Å². The second kappa shape index (κ2) is 14.3. The largest absolute Gasteiger partial charge is 0.388 e. The Bertz CT molecular complexity index is 146. The van der Waals surface area contributed by atoms with Crippen LogP contribution >= 0.6 is 12.6 Å². The van der Waals surface area contributed by atoms with E-state index in [2.05, 4.69) is 17.4 Å². The van der Waals surface area contributed by atoms with Crippen molar-refractivity contribution in [3.63, 3.8) is 0 Å². The van der Waals surface area contributed by atoms with E-state index in [1.54, 1.807) is 28.4 Å². The average molecular weight is 268 g/mol. The van der Waals surface area contributed by atoms with E-state index in [1.165, 1.54) is 0 Å². The number of rotatable bonds is 3. The minimum Gasteiger partial charge on any atom is -0.388 e. The van der Waals surface area contributed by atoms with Crippen LogP contribution in [0.1, 0.15) is 20.3 Å². The van der Waals surface area contributed by atoms with Crippen LogP contribution in [0.15, 0.2) is 0 Å². The highest BCUT2D eigenvalue weighted by atomic mass is 32.1. The Morgan fingerprint density at radius 3 is 1.88 bits per heavy atom. The third kappa shape index (κ3) is 8.85. The van der Waals surface area contributed by atoms with Gasteiger partial charge in [-0.05, 0) is 0 Å². The highest BCUT2D eigenvalue weighted by Gasteiger charge is 2.30. The summed E-state index contributed by atoms with van der Waals surface area (Å²) in [5.74, 6) is 0.746. The molecule has 1 saturated heterocycles. The molecule has 1 fully saturated rings. The normalized spacial score (nSPS) is 27.4. The zero-order valence-electron chi connectivity index (χ0n) is 11.9.